The number of nitrogens with one attached hydrogen (secondary N) is 1. The molecule has 7 heteroatoms. The lowest BCUT2D eigenvalue weighted by molar-refractivity contribution is -0.139. The van der Waals surface area contributed by atoms with Gasteiger partial charge in [0.05, 0.1) is 0 Å². The maximum absolute atomic E-state index is 13.5. The molecule has 2 aliphatic rings. The molecule has 1 aliphatic carbocycles. The number of rotatable bonds is 13. The van der Waals surface area contributed by atoms with Crippen LogP contribution in [0.5, 0.6) is 0 Å². The summed E-state index contributed by atoms with van der Waals surface area (Å²) in [5.74, 6) is 1.37. The van der Waals surface area contributed by atoms with E-state index in [1.807, 2.05) is 36.2 Å². The number of benzene rings is 2. The zero-order valence-corrected chi connectivity index (χ0v) is 26.0. The molecule has 1 aliphatic heterocycles. The van der Waals surface area contributed by atoms with Crippen LogP contribution in [0.1, 0.15) is 79.3 Å². The summed E-state index contributed by atoms with van der Waals surface area (Å²) in [7, 11) is 0. The summed E-state index contributed by atoms with van der Waals surface area (Å²) in [6.07, 6.45) is 15.3. The smallest absolute Gasteiger partial charge is 0.326 e. The van der Waals surface area contributed by atoms with E-state index in [0.717, 1.165) is 34.9 Å². The van der Waals surface area contributed by atoms with Crippen molar-refractivity contribution in [3.8, 4) is 11.1 Å². The number of carbonyl (C=O) groups is 2. The fourth-order valence-electron chi connectivity index (χ4n) is 6.63. The Morgan fingerprint density at radius 1 is 0.975 bits per heavy atom. The molecule has 4 rings (SSSR count). The molecule has 2 unspecified atom stereocenters. The zero-order chi connectivity index (χ0) is 28.5. The summed E-state index contributed by atoms with van der Waals surface area (Å²) >= 11 is 3.52. The second-order valence-corrected chi connectivity index (χ2v) is 13.5. The summed E-state index contributed by atoms with van der Waals surface area (Å²) in [5, 5.41) is 12.5. The van der Waals surface area contributed by atoms with E-state index in [1.54, 1.807) is 11.8 Å². The number of nitrogens with zero attached hydrogens (tertiary/aromatic N) is 1. The molecule has 2 fully saturated rings. The third-order valence-electron chi connectivity index (χ3n) is 8.80. The van der Waals surface area contributed by atoms with Crippen LogP contribution in [-0.4, -0.2) is 64.0 Å². The number of aryl methyl sites for hydroxylation is 1. The molecule has 0 bridgehead atoms. The van der Waals surface area contributed by atoms with Crippen LogP contribution >= 0.6 is 23.5 Å². The number of likely N-dealkylation sites (tertiary alicyclic amines) is 1. The molecule has 2 aromatic carbocycles. The highest BCUT2D eigenvalue weighted by molar-refractivity contribution is 7.98. The quantitative estimate of drug-likeness (QED) is 0.259. The van der Waals surface area contributed by atoms with Gasteiger partial charge in [0.2, 0.25) is 0 Å². The predicted octanol–water partition coefficient (Wildman–Crippen LogP) is 7.26. The van der Waals surface area contributed by atoms with Crippen LogP contribution in [0.3, 0.4) is 0 Å². The molecule has 218 valence electrons. The van der Waals surface area contributed by atoms with Crippen molar-refractivity contribution in [3.05, 3.63) is 59.2 Å². The van der Waals surface area contributed by atoms with Gasteiger partial charge >= 0.3 is 5.97 Å². The van der Waals surface area contributed by atoms with Crippen LogP contribution in [0, 0.1) is 12.8 Å². The number of carboxylic acids is 1. The maximum Gasteiger partial charge on any atom is 0.326 e. The van der Waals surface area contributed by atoms with E-state index in [-0.39, 0.29) is 5.91 Å². The molecule has 0 spiro atoms. The van der Waals surface area contributed by atoms with Gasteiger partial charge in [-0.1, -0.05) is 62.4 Å². The molecule has 1 amide bonds. The van der Waals surface area contributed by atoms with Crippen molar-refractivity contribution in [2.45, 2.75) is 89.4 Å². The van der Waals surface area contributed by atoms with Crippen LogP contribution in [0.25, 0.3) is 11.1 Å². The normalized spacial score (nSPS) is 20.9. The Balaban J connectivity index is 1.62. The molecule has 1 saturated carbocycles. The third kappa shape index (κ3) is 8.07. The largest absolute Gasteiger partial charge is 0.480 e. The van der Waals surface area contributed by atoms with Crippen molar-refractivity contribution in [1.29, 1.82) is 0 Å². The summed E-state index contributed by atoms with van der Waals surface area (Å²) in [5.41, 5.74) is 4.75. The second-order valence-electron chi connectivity index (χ2n) is 11.6. The first-order chi connectivity index (χ1) is 19.4. The topological polar surface area (TPSA) is 69.6 Å². The van der Waals surface area contributed by atoms with E-state index in [2.05, 4.69) is 47.7 Å². The van der Waals surface area contributed by atoms with Gasteiger partial charge in [-0.3, -0.25) is 9.69 Å². The van der Waals surface area contributed by atoms with Crippen LogP contribution < -0.4 is 5.32 Å². The Morgan fingerprint density at radius 3 is 2.42 bits per heavy atom. The Labute approximate surface area is 249 Å². The average molecular weight is 583 g/mol. The minimum Gasteiger partial charge on any atom is -0.480 e. The SMILES string of the molecule is CSCCC(NC(=O)c1ccc(CN2C(CSC)CC[C@H]2CC2CCCCC2)cc1-c1ccccc1C)C(=O)O. The van der Waals surface area contributed by atoms with Gasteiger partial charge in [-0.25, -0.2) is 4.79 Å². The molecular weight excluding hydrogens is 537 g/mol. The van der Waals surface area contributed by atoms with E-state index in [1.165, 1.54) is 56.9 Å². The van der Waals surface area contributed by atoms with Gasteiger partial charge in [-0.2, -0.15) is 23.5 Å². The van der Waals surface area contributed by atoms with Crippen LogP contribution in [-0.2, 0) is 11.3 Å². The number of carbonyl (C=O) groups excluding carboxylic acids is 1. The molecule has 0 aromatic heterocycles. The van der Waals surface area contributed by atoms with E-state index in [4.69, 9.17) is 0 Å². The fraction of sp³-hybridized carbons (Fsp3) is 0.576. The van der Waals surface area contributed by atoms with Gasteiger partial charge in [-0.05, 0) is 91.2 Å². The van der Waals surface area contributed by atoms with Gasteiger partial charge in [0.25, 0.3) is 5.91 Å². The highest BCUT2D eigenvalue weighted by Gasteiger charge is 2.35. The Morgan fingerprint density at radius 2 is 1.73 bits per heavy atom. The number of hydrogen-bond acceptors (Lipinski definition) is 5. The van der Waals surface area contributed by atoms with Gasteiger partial charge in [0, 0.05) is 29.9 Å². The molecule has 3 atom stereocenters. The molecule has 1 saturated heterocycles. The standard InChI is InChI=1S/C33H46N2O3S2/c1-23-9-7-8-12-28(23)30-20-25(13-16-29(30)32(36)34-31(33(37)38)17-18-39-2)21-35-26(14-15-27(35)22-40-3)19-24-10-5-4-6-11-24/h7-9,12-13,16,20,24,26-27,31H,4-6,10-11,14-15,17-19,21-22H2,1-3H3,(H,34,36)(H,37,38)/t26-,27?,31?/m0/s1. The number of hydrogen-bond donors (Lipinski definition) is 2. The first-order valence-electron chi connectivity index (χ1n) is 14.9. The summed E-state index contributed by atoms with van der Waals surface area (Å²) in [6, 6.07) is 14.6. The van der Waals surface area contributed by atoms with Crippen LogP contribution in [0.4, 0.5) is 0 Å². The van der Waals surface area contributed by atoms with Crippen molar-refractivity contribution < 1.29 is 14.7 Å². The zero-order valence-electron chi connectivity index (χ0n) is 24.4. The lowest BCUT2D eigenvalue weighted by Crippen LogP contribution is -2.41. The van der Waals surface area contributed by atoms with Gasteiger partial charge in [-0.15, -0.1) is 0 Å². The number of thioether (sulfide) groups is 2. The van der Waals surface area contributed by atoms with Crippen molar-refractivity contribution >= 4 is 35.4 Å². The van der Waals surface area contributed by atoms with Gasteiger partial charge in [0.15, 0.2) is 0 Å². The molecule has 2 aromatic rings. The van der Waals surface area contributed by atoms with Crippen molar-refractivity contribution in [1.82, 2.24) is 10.2 Å². The minimum absolute atomic E-state index is 0.324. The monoisotopic (exact) mass is 582 g/mol. The van der Waals surface area contributed by atoms with Crippen LogP contribution in [0.15, 0.2) is 42.5 Å². The summed E-state index contributed by atoms with van der Waals surface area (Å²) in [4.78, 5) is 28.1. The first kappa shape index (κ1) is 31.0. The summed E-state index contributed by atoms with van der Waals surface area (Å²) < 4.78 is 0. The molecule has 0 radical (unpaired) electrons. The second kappa shape index (κ2) is 15.3. The maximum atomic E-state index is 13.5. The Bertz CT molecular complexity index is 1130. The fourth-order valence-corrected chi connectivity index (χ4v) is 7.84. The van der Waals surface area contributed by atoms with Crippen LogP contribution in [0.2, 0.25) is 0 Å². The first-order valence-corrected chi connectivity index (χ1v) is 17.7. The third-order valence-corrected chi connectivity index (χ3v) is 10.2. The van der Waals surface area contributed by atoms with E-state index < -0.39 is 12.0 Å². The average Bonchev–Trinajstić information content (AvgIpc) is 3.32. The Hall–Kier alpha value is -1.96. The number of carboxylic acid groups (broad SMARTS) is 1. The predicted molar refractivity (Wildman–Crippen MR) is 170 cm³/mol. The molecule has 40 heavy (non-hydrogen) atoms. The minimum atomic E-state index is -0.991. The van der Waals surface area contributed by atoms with Crippen molar-refractivity contribution in [3.63, 3.8) is 0 Å². The van der Waals surface area contributed by atoms with E-state index in [9.17, 15) is 14.7 Å². The molecular formula is C33H46N2O3S2. The Kier molecular flexibility index (Phi) is 11.9. The lowest BCUT2D eigenvalue weighted by Gasteiger charge is -2.33. The number of aliphatic carboxylic acids is 1. The molecule has 1 heterocycles. The number of amides is 1. The highest BCUT2D eigenvalue weighted by Crippen LogP contribution is 2.37. The van der Waals surface area contributed by atoms with Gasteiger partial charge in [0.1, 0.15) is 6.04 Å². The molecule has 5 nitrogen and oxygen atoms in total. The highest BCUT2D eigenvalue weighted by atomic mass is 32.2. The summed E-state index contributed by atoms with van der Waals surface area (Å²) in [6.45, 7) is 2.95. The van der Waals surface area contributed by atoms with E-state index >= 15 is 0 Å². The lowest BCUT2D eigenvalue weighted by atomic mass is 9.84. The van der Waals surface area contributed by atoms with E-state index in [0.29, 0.717) is 29.8 Å². The van der Waals surface area contributed by atoms with Gasteiger partial charge < -0.3 is 10.4 Å². The van der Waals surface area contributed by atoms with Crippen molar-refractivity contribution in [2.75, 3.05) is 24.0 Å². The van der Waals surface area contributed by atoms with Crippen molar-refractivity contribution in [2.24, 2.45) is 5.92 Å². The molecule has 2 N–H and O–H groups in total.